The fourth-order valence-electron chi connectivity index (χ4n) is 3.35. The third kappa shape index (κ3) is 1.96. The molecular weight excluding hydrogens is 279 g/mol. The third-order valence-electron chi connectivity index (χ3n) is 4.42. The first-order chi connectivity index (χ1) is 10.8. The van der Waals surface area contributed by atoms with Crippen LogP contribution in [0.25, 0.3) is 11.0 Å². The minimum absolute atomic E-state index is 0.257. The number of pyridine rings is 1. The highest BCUT2D eigenvalue weighted by molar-refractivity contribution is 5.79. The van der Waals surface area contributed by atoms with Crippen molar-refractivity contribution in [2.24, 2.45) is 7.05 Å². The monoisotopic (exact) mass is 296 g/mol. The number of benzene rings is 1. The molecule has 112 valence electrons. The Kier molecular flexibility index (Phi) is 3.06. The van der Waals surface area contributed by atoms with Gasteiger partial charge < -0.3 is 9.47 Å². The number of aromatic nitrogens is 3. The van der Waals surface area contributed by atoms with E-state index >= 15 is 0 Å². The van der Waals surface area contributed by atoms with E-state index in [2.05, 4.69) is 20.9 Å². The van der Waals surface area contributed by atoms with Gasteiger partial charge in [-0.25, -0.2) is 9.37 Å². The molecule has 1 fully saturated rings. The van der Waals surface area contributed by atoms with Gasteiger partial charge in [0.1, 0.15) is 5.52 Å². The Bertz CT molecular complexity index is 812. The van der Waals surface area contributed by atoms with Crippen LogP contribution < -0.4 is 4.90 Å². The molecule has 0 saturated carbocycles. The summed E-state index contributed by atoms with van der Waals surface area (Å²) in [6.07, 6.45) is 5.86. The molecule has 0 aliphatic carbocycles. The quantitative estimate of drug-likeness (QED) is 0.726. The lowest BCUT2D eigenvalue weighted by Crippen LogP contribution is -2.25. The van der Waals surface area contributed by atoms with E-state index in [1.54, 1.807) is 12.3 Å². The number of hydrogen-bond donors (Lipinski definition) is 0. The van der Waals surface area contributed by atoms with Crippen molar-refractivity contribution in [3.63, 3.8) is 0 Å². The van der Waals surface area contributed by atoms with Gasteiger partial charge in [0, 0.05) is 26.0 Å². The summed E-state index contributed by atoms with van der Waals surface area (Å²) in [5.41, 5.74) is 2.45. The molecule has 1 atom stereocenters. The van der Waals surface area contributed by atoms with E-state index in [0.717, 1.165) is 30.9 Å². The van der Waals surface area contributed by atoms with Crippen molar-refractivity contribution < 1.29 is 4.39 Å². The summed E-state index contributed by atoms with van der Waals surface area (Å²) in [5, 5.41) is 0. The van der Waals surface area contributed by atoms with Gasteiger partial charge in [-0.15, -0.1) is 0 Å². The second-order valence-electron chi connectivity index (χ2n) is 5.72. The van der Waals surface area contributed by atoms with Gasteiger partial charge in [0.25, 0.3) is 0 Å². The molecule has 2 aromatic heterocycles. The SMILES string of the molecule is Cn1c(N2CCCC2c2cccnc2)nc2c(F)cccc21. The molecule has 0 radical (unpaired) electrons. The molecule has 0 bridgehead atoms. The molecule has 1 aliphatic rings. The van der Waals surface area contributed by atoms with Crippen LogP contribution in [0, 0.1) is 5.82 Å². The summed E-state index contributed by atoms with van der Waals surface area (Å²) in [6.45, 7) is 0.929. The van der Waals surface area contributed by atoms with Crippen molar-refractivity contribution in [1.82, 2.24) is 14.5 Å². The van der Waals surface area contributed by atoms with Crippen LogP contribution >= 0.6 is 0 Å². The lowest BCUT2D eigenvalue weighted by molar-refractivity contribution is 0.637. The van der Waals surface area contributed by atoms with Gasteiger partial charge in [-0.2, -0.15) is 0 Å². The summed E-state index contributed by atoms with van der Waals surface area (Å²) < 4.78 is 16.0. The van der Waals surface area contributed by atoms with E-state index in [1.807, 2.05) is 29.9 Å². The van der Waals surface area contributed by atoms with Crippen LogP contribution in [0.15, 0.2) is 42.7 Å². The molecule has 4 rings (SSSR count). The Labute approximate surface area is 128 Å². The topological polar surface area (TPSA) is 34.0 Å². The van der Waals surface area contributed by atoms with Crippen molar-refractivity contribution in [2.45, 2.75) is 18.9 Å². The highest BCUT2D eigenvalue weighted by Gasteiger charge is 2.29. The fraction of sp³-hybridized carbons (Fsp3) is 0.294. The molecule has 3 aromatic rings. The van der Waals surface area contributed by atoms with Crippen LogP contribution in [0.2, 0.25) is 0 Å². The summed E-state index contributed by atoms with van der Waals surface area (Å²) >= 11 is 0. The van der Waals surface area contributed by atoms with E-state index in [9.17, 15) is 4.39 Å². The Morgan fingerprint density at radius 1 is 1.23 bits per heavy atom. The van der Waals surface area contributed by atoms with Crippen molar-refractivity contribution in [3.8, 4) is 0 Å². The normalized spacial score (nSPS) is 18.3. The predicted octanol–water partition coefficient (Wildman–Crippen LogP) is 3.45. The lowest BCUT2D eigenvalue weighted by atomic mass is 10.1. The van der Waals surface area contributed by atoms with Crippen LogP contribution in [0.1, 0.15) is 24.4 Å². The Balaban J connectivity index is 1.81. The van der Waals surface area contributed by atoms with Gasteiger partial charge >= 0.3 is 0 Å². The maximum atomic E-state index is 14.0. The van der Waals surface area contributed by atoms with E-state index in [4.69, 9.17) is 0 Å². The van der Waals surface area contributed by atoms with Crippen molar-refractivity contribution in [2.75, 3.05) is 11.4 Å². The number of imidazole rings is 1. The summed E-state index contributed by atoms with van der Waals surface area (Å²) in [6, 6.07) is 9.41. The second kappa shape index (κ2) is 5.09. The number of halogens is 1. The average Bonchev–Trinajstić information content (AvgIpc) is 3.14. The van der Waals surface area contributed by atoms with Gasteiger partial charge in [0.2, 0.25) is 5.95 Å². The second-order valence-corrected chi connectivity index (χ2v) is 5.72. The smallest absolute Gasteiger partial charge is 0.206 e. The Morgan fingerprint density at radius 3 is 2.91 bits per heavy atom. The summed E-state index contributed by atoms with van der Waals surface area (Å²) in [5.74, 6) is 0.558. The number of nitrogens with zero attached hydrogens (tertiary/aromatic N) is 4. The zero-order valence-corrected chi connectivity index (χ0v) is 12.4. The van der Waals surface area contributed by atoms with E-state index in [0.29, 0.717) is 5.52 Å². The van der Waals surface area contributed by atoms with Crippen LogP contribution in [0.3, 0.4) is 0 Å². The zero-order chi connectivity index (χ0) is 15.1. The third-order valence-corrected chi connectivity index (χ3v) is 4.42. The van der Waals surface area contributed by atoms with Crippen LogP contribution in [-0.4, -0.2) is 21.1 Å². The molecule has 1 unspecified atom stereocenters. The molecular formula is C17H17FN4. The van der Waals surface area contributed by atoms with Gasteiger partial charge in [-0.3, -0.25) is 4.98 Å². The number of anilines is 1. The molecule has 0 amide bonds. The fourth-order valence-corrected chi connectivity index (χ4v) is 3.35. The van der Waals surface area contributed by atoms with Gasteiger partial charge in [-0.1, -0.05) is 12.1 Å². The van der Waals surface area contributed by atoms with Crippen molar-refractivity contribution in [1.29, 1.82) is 0 Å². The van der Waals surface area contributed by atoms with E-state index in [-0.39, 0.29) is 11.9 Å². The van der Waals surface area contributed by atoms with Crippen LogP contribution in [-0.2, 0) is 7.05 Å². The molecule has 1 saturated heterocycles. The average molecular weight is 296 g/mol. The molecule has 4 nitrogen and oxygen atoms in total. The predicted molar refractivity (Wildman–Crippen MR) is 84.2 cm³/mol. The summed E-state index contributed by atoms with van der Waals surface area (Å²) in [4.78, 5) is 11.0. The van der Waals surface area contributed by atoms with Crippen LogP contribution in [0.4, 0.5) is 10.3 Å². The number of aryl methyl sites for hydroxylation is 1. The maximum Gasteiger partial charge on any atom is 0.206 e. The molecule has 5 heteroatoms. The van der Waals surface area contributed by atoms with Crippen molar-refractivity contribution in [3.05, 3.63) is 54.1 Å². The Hall–Kier alpha value is -2.43. The zero-order valence-electron chi connectivity index (χ0n) is 12.4. The van der Waals surface area contributed by atoms with Gasteiger partial charge in [0.15, 0.2) is 5.82 Å². The maximum absolute atomic E-state index is 14.0. The number of rotatable bonds is 2. The first-order valence-electron chi connectivity index (χ1n) is 7.53. The first-order valence-corrected chi connectivity index (χ1v) is 7.53. The first kappa shape index (κ1) is 13.2. The van der Waals surface area contributed by atoms with Crippen LogP contribution in [0.5, 0.6) is 0 Å². The minimum atomic E-state index is -0.267. The van der Waals surface area contributed by atoms with E-state index < -0.39 is 0 Å². The van der Waals surface area contributed by atoms with Gasteiger partial charge in [0.05, 0.1) is 11.6 Å². The molecule has 1 aliphatic heterocycles. The highest BCUT2D eigenvalue weighted by atomic mass is 19.1. The molecule has 3 heterocycles. The van der Waals surface area contributed by atoms with Crippen molar-refractivity contribution >= 4 is 17.0 Å². The number of hydrogen-bond acceptors (Lipinski definition) is 3. The molecule has 1 aromatic carbocycles. The molecule has 0 spiro atoms. The number of para-hydroxylation sites is 1. The highest BCUT2D eigenvalue weighted by Crippen LogP contribution is 2.36. The molecule has 22 heavy (non-hydrogen) atoms. The number of fused-ring (bicyclic) bond motifs is 1. The molecule has 0 N–H and O–H groups in total. The largest absolute Gasteiger partial charge is 0.335 e. The Morgan fingerprint density at radius 2 is 2.14 bits per heavy atom. The standard InChI is InChI=1S/C17H17FN4/c1-21-15-7-2-6-13(18)16(15)20-17(21)22-10-4-8-14(22)12-5-3-9-19-11-12/h2-3,5-7,9,11,14H,4,8,10H2,1H3. The minimum Gasteiger partial charge on any atom is -0.335 e. The van der Waals surface area contributed by atoms with Gasteiger partial charge in [-0.05, 0) is 36.6 Å². The van der Waals surface area contributed by atoms with E-state index in [1.165, 1.54) is 11.6 Å². The lowest BCUT2D eigenvalue weighted by Gasteiger charge is -2.25. The summed E-state index contributed by atoms with van der Waals surface area (Å²) in [7, 11) is 1.95.